The average Bonchev–Trinajstić information content (AvgIpc) is 2.72. The fraction of sp³-hybridized carbons (Fsp3) is 0.222. The highest BCUT2D eigenvalue weighted by Crippen LogP contribution is 2.25. The van der Waals surface area contributed by atoms with E-state index in [9.17, 15) is 0 Å². The molecular weight excluding hydrogens is 182 g/mol. The van der Waals surface area contributed by atoms with Gasteiger partial charge in [0.25, 0.3) is 0 Å². The van der Waals surface area contributed by atoms with Crippen LogP contribution < -0.4 is 4.74 Å². The molecule has 2 aromatic heterocycles. The summed E-state index contributed by atoms with van der Waals surface area (Å²) in [4.78, 5) is 7.91. The standard InChI is InChI=1S/C9H9N3O2/c1-2-13-8-5-10-4-3-7(8)9-11-6-14-12-9/h3-6H,2H2,1H3. The lowest BCUT2D eigenvalue weighted by Gasteiger charge is -2.05. The van der Waals surface area contributed by atoms with Gasteiger partial charge >= 0.3 is 0 Å². The van der Waals surface area contributed by atoms with Crippen LogP contribution in [0.1, 0.15) is 6.92 Å². The SMILES string of the molecule is CCOc1cnccc1-c1ncon1. The minimum absolute atomic E-state index is 0.510. The smallest absolute Gasteiger partial charge is 0.214 e. The third-order valence-corrected chi connectivity index (χ3v) is 1.69. The summed E-state index contributed by atoms with van der Waals surface area (Å²) in [6.07, 6.45) is 4.58. The first-order valence-electron chi connectivity index (χ1n) is 4.25. The van der Waals surface area contributed by atoms with Crippen LogP contribution in [-0.4, -0.2) is 21.7 Å². The van der Waals surface area contributed by atoms with Crippen LogP contribution in [0.15, 0.2) is 29.4 Å². The Balaban J connectivity index is 2.42. The molecule has 72 valence electrons. The highest BCUT2D eigenvalue weighted by Gasteiger charge is 2.09. The van der Waals surface area contributed by atoms with Gasteiger partial charge in [-0.3, -0.25) is 4.98 Å². The van der Waals surface area contributed by atoms with Crippen molar-refractivity contribution in [3.63, 3.8) is 0 Å². The lowest BCUT2D eigenvalue weighted by Crippen LogP contribution is -1.95. The molecule has 0 aromatic carbocycles. The Morgan fingerprint density at radius 3 is 3.14 bits per heavy atom. The summed E-state index contributed by atoms with van der Waals surface area (Å²) in [5, 5.41) is 3.74. The summed E-state index contributed by atoms with van der Waals surface area (Å²) in [7, 11) is 0. The quantitative estimate of drug-likeness (QED) is 0.736. The van der Waals surface area contributed by atoms with Crippen LogP contribution in [0.4, 0.5) is 0 Å². The van der Waals surface area contributed by atoms with Gasteiger partial charge in [0, 0.05) is 6.20 Å². The van der Waals surface area contributed by atoms with E-state index in [1.807, 2.05) is 6.92 Å². The first-order valence-corrected chi connectivity index (χ1v) is 4.25. The van der Waals surface area contributed by atoms with Crippen molar-refractivity contribution in [1.29, 1.82) is 0 Å². The summed E-state index contributed by atoms with van der Waals surface area (Å²) in [5.41, 5.74) is 0.788. The minimum atomic E-state index is 0.510. The molecule has 0 atom stereocenters. The molecule has 0 N–H and O–H groups in total. The van der Waals surface area contributed by atoms with Gasteiger partial charge in [-0.15, -0.1) is 0 Å². The van der Waals surface area contributed by atoms with E-state index >= 15 is 0 Å². The molecule has 0 fully saturated rings. The normalized spacial score (nSPS) is 10.1. The summed E-state index contributed by atoms with van der Waals surface area (Å²) in [6.45, 7) is 2.49. The lowest BCUT2D eigenvalue weighted by atomic mass is 10.2. The van der Waals surface area contributed by atoms with Crippen LogP contribution in [0.5, 0.6) is 5.75 Å². The molecule has 2 heterocycles. The average molecular weight is 191 g/mol. The molecule has 5 nitrogen and oxygen atoms in total. The number of hydrogen-bond acceptors (Lipinski definition) is 5. The molecule has 0 aliphatic rings. The predicted octanol–water partition coefficient (Wildman–Crippen LogP) is 1.53. The lowest BCUT2D eigenvalue weighted by molar-refractivity contribution is 0.339. The van der Waals surface area contributed by atoms with Crippen LogP contribution in [-0.2, 0) is 0 Å². The van der Waals surface area contributed by atoms with Gasteiger partial charge in [-0.1, -0.05) is 5.16 Å². The third kappa shape index (κ3) is 1.56. The molecule has 0 aliphatic heterocycles. The Morgan fingerprint density at radius 1 is 1.50 bits per heavy atom. The Bertz CT molecular complexity index is 400. The number of hydrogen-bond donors (Lipinski definition) is 0. The summed E-state index contributed by atoms with van der Waals surface area (Å²) >= 11 is 0. The highest BCUT2D eigenvalue weighted by molar-refractivity contribution is 5.62. The number of rotatable bonds is 3. The zero-order chi connectivity index (χ0) is 9.80. The van der Waals surface area contributed by atoms with Gasteiger partial charge in [-0.05, 0) is 13.0 Å². The Kier molecular flexibility index (Phi) is 2.40. The number of nitrogens with zero attached hydrogens (tertiary/aromatic N) is 3. The second kappa shape index (κ2) is 3.87. The van der Waals surface area contributed by atoms with Gasteiger partial charge in [0.05, 0.1) is 18.4 Å². The molecular formula is C9H9N3O2. The van der Waals surface area contributed by atoms with Crippen LogP contribution in [0.3, 0.4) is 0 Å². The monoisotopic (exact) mass is 191 g/mol. The minimum Gasteiger partial charge on any atom is -0.491 e. The first kappa shape index (κ1) is 8.68. The van der Waals surface area contributed by atoms with Crippen LogP contribution in [0.2, 0.25) is 0 Å². The number of pyridine rings is 1. The van der Waals surface area contributed by atoms with Crippen molar-refractivity contribution < 1.29 is 9.26 Å². The van der Waals surface area contributed by atoms with Gasteiger partial charge in [-0.2, -0.15) is 4.98 Å². The van der Waals surface area contributed by atoms with Crippen molar-refractivity contribution in [3.05, 3.63) is 24.9 Å². The molecule has 0 saturated carbocycles. The zero-order valence-corrected chi connectivity index (χ0v) is 7.67. The molecule has 0 bridgehead atoms. The maximum absolute atomic E-state index is 5.38. The number of ether oxygens (including phenoxy) is 1. The van der Waals surface area contributed by atoms with E-state index < -0.39 is 0 Å². The maximum atomic E-state index is 5.38. The van der Waals surface area contributed by atoms with Crippen molar-refractivity contribution >= 4 is 0 Å². The maximum Gasteiger partial charge on any atom is 0.214 e. The second-order valence-electron chi connectivity index (χ2n) is 2.56. The molecule has 14 heavy (non-hydrogen) atoms. The summed E-state index contributed by atoms with van der Waals surface area (Å²) in [6, 6.07) is 1.79. The van der Waals surface area contributed by atoms with Crippen molar-refractivity contribution in [2.24, 2.45) is 0 Å². The van der Waals surface area contributed by atoms with Crippen LogP contribution >= 0.6 is 0 Å². The molecule has 0 spiro atoms. The van der Waals surface area contributed by atoms with Gasteiger partial charge in [0.1, 0.15) is 5.75 Å². The fourth-order valence-electron chi connectivity index (χ4n) is 1.12. The van der Waals surface area contributed by atoms with E-state index in [1.165, 1.54) is 6.39 Å². The molecule has 0 amide bonds. The van der Waals surface area contributed by atoms with Crippen LogP contribution in [0.25, 0.3) is 11.4 Å². The van der Waals surface area contributed by atoms with Crippen molar-refractivity contribution in [2.45, 2.75) is 6.92 Å². The highest BCUT2D eigenvalue weighted by atomic mass is 16.5. The van der Waals surface area contributed by atoms with E-state index in [2.05, 4.69) is 19.6 Å². The van der Waals surface area contributed by atoms with E-state index in [0.29, 0.717) is 18.2 Å². The van der Waals surface area contributed by atoms with Crippen molar-refractivity contribution in [3.8, 4) is 17.1 Å². The molecule has 5 heteroatoms. The molecule has 0 saturated heterocycles. The fourth-order valence-corrected chi connectivity index (χ4v) is 1.12. The van der Waals surface area contributed by atoms with Gasteiger partial charge < -0.3 is 9.26 Å². The van der Waals surface area contributed by atoms with Gasteiger partial charge in [0.15, 0.2) is 0 Å². The zero-order valence-electron chi connectivity index (χ0n) is 7.67. The molecule has 0 unspecified atom stereocenters. The van der Waals surface area contributed by atoms with Crippen molar-refractivity contribution in [1.82, 2.24) is 15.1 Å². The third-order valence-electron chi connectivity index (χ3n) is 1.69. The van der Waals surface area contributed by atoms with E-state index in [1.54, 1.807) is 18.5 Å². The molecule has 2 rings (SSSR count). The first-order chi connectivity index (χ1) is 6.92. The molecule has 0 aliphatic carbocycles. The summed E-state index contributed by atoms with van der Waals surface area (Å²) < 4.78 is 10.0. The van der Waals surface area contributed by atoms with E-state index in [0.717, 1.165) is 5.56 Å². The largest absolute Gasteiger partial charge is 0.491 e. The Labute approximate surface area is 80.7 Å². The molecule has 0 radical (unpaired) electrons. The van der Waals surface area contributed by atoms with E-state index in [4.69, 9.17) is 4.74 Å². The predicted molar refractivity (Wildman–Crippen MR) is 48.7 cm³/mol. The molecule has 2 aromatic rings. The van der Waals surface area contributed by atoms with Crippen molar-refractivity contribution in [2.75, 3.05) is 6.61 Å². The van der Waals surface area contributed by atoms with Gasteiger partial charge in [0.2, 0.25) is 12.2 Å². The van der Waals surface area contributed by atoms with Crippen LogP contribution in [0, 0.1) is 0 Å². The Hall–Kier alpha value is -1.91. The van der Waals surface area contributed by atoms with Gasteiger partial charge in [-0.25, -0.2) is 0 Å². The number of aromatic nitrogens is 3. The van der Waals surface area contributed by atoms with E-state index in [-0.39, 0.29) is 0 Å². The second-order valence-corrected chi connectivity index (χ2v) is 2.56. The summed E-state index contributed by atoms with van der Waals surface area (Å²) in [5.74, 6) is 1.17. The Morgan fingerprint density at radius 2 is 2.43 bits per heavy atom. The topological polar surface area (TPSA) is 61.0 Å².